The number of hydrogen-bond donors (Lipinski definition) is 2. The zero-order valence-electron chi connectivity index (χ0n) is 15.8. The summed E-state index contributed by atoms with van der Waals surface area (Å²) in [5.74, 6) is 5.04. The molecule has 6 nitrogen and oxygen atoms in total. The average Bonchev–Trinajstić information content (AvgIpc) is 3.47. The van der Waals surface area contributed by atoms with Gasteiger partial charge in [0.25, 0.3) is 0 Å². The van der Waals surface area contributed by atoms with Crippen LogP contribution in [0.4, 0.5) is 29.6 Å². The molecule has 1 aliphatic heterocycles. The van der Waals surface area contributed by atoms with Gasteiger partial charge in [-0.1, -0.05) is 23.4 Å². The van der Waals surface area contributed by atoms with Gasteiger partial charge in [0.15, 0.2) is 0 Å². The standard InChI is InChI=1S/C20H17ClF3N5O/c1-29-18(30)28-16-9-12(8-13-5-7-26-17(25)27-13)15(21)10-14(16)19(29,20(22,23)24)6-4-11-2-3-11/h5,7,9-11H,2-3,8H2,1H3,(H,28,30)(H2,25,26,27). The highest BCUT2D eigenvalue weighted by molar-refractivity contribution is 6.31. The molecule has 2 amide bonds. The van der Waals surface area contributed by atoms with Crippen LogP contribution in [0.15, 0.2) is 24.4 Å². The number of amides is 2. The second kappa shape index (κ2) is 7.06. The van der Waals surface area contributed by atoms with Crippen LogP contribution in [-0.2, 0) is 12.0 Å². The number of halogens is 4. The third-order valence-corrected chi connectivity index (χ3v) is 5.53. The Bertz CT molecular complexity index is 1090. The van der Waals surface area contributed by atoms with Crippen molar-refractivity contribution in [2.45, 2.75) is 31.0 Å². The minimum atomic E-state index is -4.83. The number of rotatable bonds is 2. The number of nitrogen functional groups attached to an aromatic ring is 1. The number of carbonyl (C=O) groups excluding carboxylic acids is 1. The predicted octanol–water partition coefficient (Wildman–Crippen LogP) is 3.95. The third kappa shape index (κ3) is 3.41. The van der Waals surface area contributed by atoms with Crippen molar-refractivity contribution >= 4 is 29.3 Å². The molecule has 1 unspecified atom stereocenters. The molecule has 2 aliphatic rings. The quantitative estimate of drug-likeness (QED) is 0.699. The first-order valence-corrected chi connectivity index (χ1v) is 9.54. The van der Waals surface area contributed by atoms with Crippen LogP contribution in [0.3, 0.4) is 0 Å². The summed E-state index contributed by atoms with van der Waals surface area (Å²) >= 11 is 6.37. The van der Waals surface area contributed by atoms with Gasteiger partial charge in [0.2, 0.25) is 11.5 Å². The highest BCUT2D eigenvalue weighted by atomic mass is 35.5. The number of hydrogen-bond acceptors (Lipinski definition) is 4. The van der Waals surface area contributed by atoms with E-state index in [2.05, 4.69) is 27.1 Å². The predicted molar refractivity (Wildman–Crippen MR) is 106 cm³/mol. The molecule has 3 N–H and O–H groups in total. The van der Waals surface area contributed by atoms with Gasteiger partial charge in [-0.25, -0.2) is 14.8 Å². The van der Waals surface area contributed by atoms with E-state index >= 15 is 0 Å². The van der Waals surface area contributed by atoms with Crippen LogP contribution in [-0.4, -0.2) is 34.1 Å². The Morgan fingerprint density at radius 1 is 1.40 bits per heavy atom. The molecule has 0 saturated heterocycles. The van der Waals surface area contributed by atoms with E-state index in [-0.39, 0.29) is 34.6 Å². The van der Waals surface area contributed by atoms with Crippen molar-refractivity contribution in [3.05, 3.63) is 46.2 Å². The van der Waals surface area contributed by atoms with Crippen molar-refractivity contribution in [1.82, 2.24) is 14.9 Å². The van der Waals surface area contributed by atoms with Gasteiger partial charge < -0.3 is 11.1 Å². The first-order valence-electron chi connectivity index (χ1n) is 9.16. The molecular formula is C20H17ClF3N5O. The minimum Gasteiger partial charge on any atom is -0.368 e. The van der Waals surface area contributed by atoms with Crippen LogP contribution in [0.5, 0.6) is 0 Å². The van der Waals surface area contributed by atoms with Gasteiger partial charge in [-0.15, -0.1) is 0 Å². The fourth-order valence-electron chi connectivity index (χ4n) is 3.39. The van der Waals surface area contributed by atoms with Crippen LogP contribution in [0.25, 0.3) is 0 Å². The van der Waals surface area contributed by atoms with Gasteiger partial charge in [0.05, 0.1) is 5.69 Å². The number of anilines is 2. The van der Waals surface area contributed by atoms with Crippen LogP contribution < -0.4 is 11.1 Å². The maximum atomic E-state index is 14.4. The van der Waals surface area contributed by atoms with E-state index in [1.807, 2.05) is 0 Å². The molecule has 1 aromatic carbocycles. The fraction of sp³-hybridized carbons (Fsp3) is 0.350. The Morgan fingerprint density at radius 2 is 2.13 bits per heavy atom. The van der Waals surface area contributed by atoms with Gasteiger partial charge in [-0.2, -0.15) is 13.2 Å². The lowest BCUT2D eigenvalue weighted by Crippen LogP contribution is -2.59. The molecule has 1 aromatic heterocycles. The minimum absolute atomic E-state index is 0.0157. The Kier molecular flexibility index (Phi) is 4.77. The Balaban J connectivity index is 1.86. The molecule has 1 atom stereocenters. The molecule has 2 heterocycles. The van der Waals surface area contributed by atoms with Crippen molar-refractivity contribution in [1.29, 1.82) is 0 Å². The van der Waals surface area contributed by atoms with Crippen LogP contribution in [0.1, 0.15) is 29.7 Å². The number of fused-ring (bicyclic) bond motifs is 1. The summed E-state index contributed by atoms with van der Waals surface area (Å²) in [7, 11) is 1.08. The lowest BCUT2D eigenvalue weighted by molar-refractivity contribution is -0.203. The molecule has 4 rings (SSSR count). The summed E-state index contributed by atoms with van der Waals surface area (Å²) in [4.78, 5) is 20.9. The number of nitrogens with one attached hydrogen (secondary N) is 1. The molecule has 0 bridgehead atoms. The van der Waals surface area contributed by atoms with Crippen molar-refractivity contribution in [2.75, 3.05) is 18.1 Å². The van der Waals surface area contributed by atoms with E-state index < -0.39 is 17.7 Å². The largest absolute Gasteiger partial charge is 0.427 e. The van der Waals surface area contributed by atoms with E-state index in [4.69, 9.17) is 17.3 Å². The van der Waals surface area contributed by atoms with E-state index in [9.17, 15) is 18.0 Å². The highest BCUT2D eigenvalue weighted by Crippen LogP contribution is 2.49. The number of benzene rings is 1. The van der Waals surface area contributed by atoms with Gasteiger partial charge in [0.1, 0.15) is 0 Å². The van der Waals surface area contributed by atoms with Crippen LogP contribution in [0.2, 0.25) is 5.02 Å². The Hall–Kier alpha value is -2.99. The first-order chi connectivity index (χ1) is 14.1. The summed E-state index contributed by atoms with van der Waals surface area (Å²) < 4.78 is 43.2. The van der Waals surface area contributed by atoms with Crippen molar-refractivity contribution < 1.29 is 18.0 Å². The first kappa shape index (κ1) is 20.3. The molecule has 1 fully saturated rings. The second-order valence-corrected chi connectivity index (χ2v) is 7.72. The molecule has 10 heteroatoms. The Labute approximate surface area is 175 Å². The van der Waals surface area contributed by atoms with Crippen molar-refractivity contribution in [2.24, 2.45) is 5.92 Å². The summed E-state index contributed by atoms with van der Waals surface area (Å²) in [6, 6.07) is 3.38. The smallest absolute Gasteiger partial charge is 0.368 e. The lowest BCUT2D eigenvalue weighted by atomic mass is 9.84. The molecule has 0 spiro atoms. The number of urea groups is 1. The van der Waals surface area contributed by atoms with Crippen LogP contribution in [0, 0.1) is 17.8 Å². The fourth-order valence-corrected chi connectivity index (χ4v) is 3.62. The van der Waals surface area contributed by atoms with E-state index in [1.54, 1.807) is 6.07 Å². The summed E-state index contributed by atoms with van der Waals surface area (Å²) in [6.07, 6.45) is -1.64. The average molecular weight is 436 g/mol. The number of nitrogens with zero attached hydrogens (tertiary/aromatic N) is 3. The van der Waals surface area contributed by atoms with Crippen LogP contribution >= 0.6 is 11.6 Å². The monoisotopic (exact) mass is 435 g/mol. The van der Waals surface area contributed by atoms with Crippen molar-refractivity contribution in [3.8, 4) is 11.8 Å². The molecule has 156 valence electrons. The van der Waals surface area contributed by atoms with Gasteiger partial charge in [-0.05, 0) is 36.6 Å². The lowest BCUT2D eigenvalue weighted by Gasteiger charge is -2.43. The molecule has 2 aromatic rings. The summed E-state index contributed by atoms with van der Waals surface area (Å²) in [5, 5.41) is 2.62. The molecule has 0 radical (unpaired) electrons. The number of carbonyl (C=O) groups is 1. The molecule has 1 saturated carbocycles. The topological polar surface area (TPSA) is 84.1 Å². The summed E-state index contributed by atoms with van der Waals surface area (Å²) in [5.41, 5.74) is 3.64. The SMILES string of the molecule is CN1C(=O)Nc2cc(Cc3ccnc(N)n3)c(Cl)cc2C1(C#CC1CC1)C(F)(F)F. The van der Waals surface area contributed by atoms with E-state index in [0.717, 1.165) is 19.9 Å². The number of nitrogens with two attached hydrogens (primary N) is 1. The zero-order chi connectivity index (χ0) is 21.7. The zero-order valence-corrected chi connectivity index (χ0v) is 16.6. The second-order valence-electron chi connectivity index (χ2n) is 7.31. The van der Waals surface area contributed by atoms with Gasteiger partial charge in [-0.3, -0.25) is 4.90 Å². The van der Waals surface area contributed by atoms with E-state index in [1.165, 1.54) is 18.3 Å². The highest BCUT2D eigenvalue weighted by Gasteiger charge is 2.62. The number of alkyl halides is 3. The molecule has 30 heavy (non-hydrogen) atoms. The molecule has 1 aliphatic carbocycles. The summed E-state index contributed by atoms with van der Waals surface area (Å²) in [6.45, 7) is 0. The third-order valence-electron chi connectivity index (χ3n) is 5.17. The normalized spacial score (nSPS) is 20.8. The van der Waals surface area contributed by atoms with Gasteiger partial charge in [0, 0.05) is 41.9 Å². The molecular weight excluding hydrogens is 419 g/mol. The van der Waals surface area contributed by atoms with Gasteiger partial charge >= 0.3 is 12.2 Å². The number of aromatic nitrogens is 2. The Morgan fingerprint density at radius 3 is 2.77 bits per heavy atom. The van der Waals surface area contributed by atoms with E-state index in [0.29, 0.717) is 16.2 Å². The maximum Gasteiger partial charge on any atom is 0.427 e. The maximum absolute atomic E-state index is 14.4. The van der Waals surface area contributed by atoms with Crippen molar-refractivity contribution in [3.63, 3.8) is 0 Å².